The highest BCUT2D eigenvalue weighted by Crippen LogP contribution is 2.29. The largest absolute Gasteiger partial charge is 0.354 e. The Kier molecular flexibility index (Phi) is 3.20. The van der Waals surface area contributed by atoms with Crippen LogP contribution < -0.4 is 10.6 Å². The van der Waals surface area contributed by atoms with Crippen molar-refractivity contribution in [2.75, 3.05) is 18.0 Å². The van der Waals surface area contributed by atoms with Gasteiger partial charge in [0.25, 0.3) is 0 Å². The molecule has 4 heteroatoms. The van der Waals surface area contributed by atoms with Crippen molar-refractivity contribution in [1.82, 2.24) is 9.97 Å². The van der Waals surface area contributed by atoms with Crippen LogP contribution in [0.25, 0.3) is 0 Å². The maximum Gasteiger partial charge on any atom is 0.135 e. The van der Waals surface area contributed by atoms with Crippen molar-refractivity contribution in [3.8, 4) is 0 Å². The maximum absolute atomic E-state index is 6.13. The molecule has 0 spiro atoms. The molecule has 0 saturated carbocycles. The minimum absolute atomic E-state index is 0.279. The Balaban J connectivity index is 1.93. The lowest BCUT2D eigenvalue weighted by Crippen LogP contribution is -2.29. The molecule has 1 aromatic rings. The van der Waals surface area contributed by atoms with E-state index in [0.717, 1.165) is 31.7 Å². The number of rotatable bonds is 1. The fourth-order valence-corrected chi connectivity index (χ4v) is 3.12. The summed E-state index contributed by atoms with van der Waals surface area (Å²) in [4.78, 5) is 11.4. The van der Waals surface area contributed by atoms with E-state index in [1.165, 1.54) is 30.5 Å². The first-order chi connectivity index (χ1) is 8.75. The van der Waals surface area contributed by atoms with Gasteiger partial charge in [0.15, 0.2) is 0 Å². The van der Waals surface area contributed by atoms with Crippen LogP contribution in [0.4, 0.5) is 5.82 Å². The molecule has 3 rings (SSSR count). The molecule has 0 bridgehead atoms. The van der Waals surface area contributed by atoms with E-state index in [0.29, 0.717) is 5.92 Å². The molecule has 0 radical (unpaired) electrons. The Morgan fingerprint density at radius 3 is 2.78 bits per heavy atom. The normalized spacial score (nSPS) is 28.0. The summed E-state index contributed by atoms with van der Waals surface area (Å²) in [5, 5.41) is 0. The quantitative estimate of drug-likeness (QED) is 0.764. The van der Waals surface area contributed by atoms with Crippen LogP contribution in [0, 0.1) is 5.92 Å². The lowest BCUT2D eigenvalue weighted by molar-refractivity contribution is 0.566. The average molecular weight is 246 g/mol. The monoisotopic (exact) mass is 246 g/mol. The lowest BCUT2D eigenvalue weighted by atomic mass is 10.1. The van der Waals surface area contributed by atoms with Crippen LogP contribution in [0.2, 0.25) is 0 Å². The molecule has 1 aliphatic carbocycles. The van der Waals surface area contributed by atoms with E-state index in [-0.39, 0.29) is 6.04 Å². The summed E-state index contributed by atoms with van der Waals surface area (Å²) in [6.45, 7) is 4.19. The molecule has 2 N–H and O–H groups in total. The molecule has 2 unspecified atom stereocenters. The van der Waals surface area contributed by atoms with Crippen LogP contribution in [-0.4, -0.2) is 29.1 Å². The first-order valence-corrected chi connectivity index (χ1v) is 7.09. The van der Waals surface area contributed by atoms with Crippen LogP contribution in [0.15, 0.2) is 6.33 Å². The molecule has 2 aliphatic rings. The third-order valence-corrected chi connectivity index (χ3v) is 4.32. The second-order valence-electron chi connectivity index (χ2n) is 5.73. The number of nitrogens with two attached hydrogens (primary N) is 1. The van der Waals surface area contributed by atoms with Gasteiger partial charge in [-0.25, -0.2) is 9.97 Å². The van der Waals surface area contributed by atoms with Gasteiger partial charge in [0.05, 0.1) is 0 Å². The number of hydrogen-bond acceptors (Lipinski definition) is 4. The fraction of sp³-hybridized carbons (Fsp3) is 0.714. The predicted octanol–water partition coefficient (Wildman–Crippen LogP) is 1.53. The van der Waals surface area contributed by atoms with Crippen molar-refractivity contribution in [3.63, 3.8) is 0 Å². The molecule has 0 amide bonds. The van der Waals surface area contributed by atoms with Crippen LogP contribution in [0.3, 0.4) is 0 Å². The molecule has 1 aliphatic heterocycles. The van der Waals surface area contributed by atoms with E-state index >= 15 is 0 Å². The van der Waals surface area contributed by atoms with Crippen LogP contribution in [0.1, 0.15) is 37.4 Å². The maximum atomic E-state index is 6.13. The molecule has 1 aromatic heterocycles. The predicted molar refractivity (Wildman–Crippen MR) is 72.6 cm³/mol. The Morgan fingerprint density at radius 2 is 2.00 bits per heavy atom. The summed E-state index contributed by atoms with van der Waals surface area (Å²) in [7, 11) is 0. The van der Waals surface area contributed by atoms with E-state index in [9.17, 15) is 0 Å². The van der Waals surface area contributed by atoms with E-state index in [1.807, 2.05) is 0 Å². The van der Waals surface area contributed by atoms with Gasteiger partial charge < -0.3 is 10.6 Å². The van der Waals surface area contributed by atoms with Gasteiger partial charge in [-0.15, -0.1) is 0 Å². The average Bonchev–Trinajstić information content (AvgIpc) is 2.59. The second kappa shape index (κ2) is 4.84. The van der Waals surface area contributed by atoms with Crippen molar-refractivity contribution in [2.45, 2.75) is 45.1 Å². The zero-order chi connectivity index (χ0) is 12.5. The lowest BCUT2D eigenvalue weighted by Gasteiger charge is -2.21. The summed E-state index contributed by atoms with van der Waals surface area (Å²) in [5.74, 6) is 1.71. The molecule has 2 atom stereocenters. The molecule has 18 heavy (non-hydrogen) atoms. The number of anilines is 1. The molecule has 0 aromatic carbocycles. The van der Waals surface area contributed by atoms with Crippen LogP contribution in [0.5, 0.6) is 0 Å². The highest BCUT2D eigenvalue weighted by Gasteiger charge is 2.29. The summed E-state index contributed by atoms with van der Waals surface area (Å²) >= 11 is 0. The fourth-order valence-electron chi connectivity index (χ4n) is 3.12. The van der Waals surface area contributed by atoms with Gasteiger partial charge in [0.1, 0.15) is 12.1 Å². The number of nitrogens with zero attached hydrogens (tertiary/aromatic N) is 3. The minimum atomic E-state index is 0.279. The van der Waals surface area contributed by atoms with Gasteiger partial charge in [-0.2, -0.15) is 0 Å². The van der Waals surface area contributed by atoms with E-state index < -0.39 is 0 Å². The standard InChI is InChI=1S/C14H22N4/c1-10-7-18(8-12(10)15)14-11-5-3-2-4-6-13(11)16-9-17-14/h9-10,12H,2-8,15H2,1H3. The third-order valence-electron chi connectivity index (χ3n) is 4.32. The van der Waals surface area contributed by atoms with Crippen molar-refractivity contribution < 1.29 is 0 Å². The van der Waals surface area contributed by atoms with Gasteiger partial charge in [0.2, 0.25) is 0 Å². The Morgan fingerprint density at radius 1 is 1.17 bits per heavy atom. The topological polar surface area (TPSA) is 55.0 Å². The number of fused-ring (bicyclic) bond motifs is 1. The number of aryl methyl sites for hydroxylation is 1. The SMILES string of the molecule is CC1CN(c2ncnc3c2CCCCC3)CC1N. The van der Waals surface area contributed by atoms with E-state index in [2.05, 4.69) is 21.8 Å². The van der Waals surface area contributed by atoms with Crippen LogP contribution >= 0.6 is 0 Å². The van der Waals surface area contributed by atoms with Crippen molar-refractivity contribution in [2.24, 2.45) is 11.7 Å². The molecule has 1 fully saturated rings. The van der Waals surface area contributed by atoms with Gasteiger partial charge in [-0.05, 0) is 31.6 Å². The van der Waals surface area contributed by atoms with Crippen molar-refractivity contribution in [3.05, 3.63) is 17.6 Å². The van der Waals surface area contributed by atoms with Crippen molar-refractivity contribution in [1.29, 1.82) is 0 Å². The summed E-state index contributed by atoms with van der Waals surface area (Å²) < 4.78 is 0. The molecular formula is C14H22N4. The summed E-state index contributed by atoms with van der Waals surface area (Å²) in [5.41, 5.74) is 8.78. The molecule has 2 heterocycles. The highest BCUT2D eigenvalue weighted by atomic mass is 15.2. The third kappa shape index (κ3) is 2.09. The van der Waals surface area contributed by atoms with E-state index in [1.54, 1.807) is 6.33 Å². The Labute approximate surface area is 109 Å². The van der Waals surface area contributed by atoms with Crippen LogP contribution in [-0.2, 0) is 12.8 Å². The summed E-state index contributed by atoms with van der Waals surface area (Å²) in [6.07, 6.45) is 7.81. The van der Waals surface area contributed by atoms with Gasteiger partial charge in [-0.1, -0.05) is 13.3 Å². The molecule has 1 saturated heterocycles. The minimum Gasteiger partial charge on any atom is -0.354 e. The molecular weight excluding hydrogens is 224 g/mol. The Bertz CT molecular complexity index is 422. The van der Waals surface area contributed by atoms with Crippen molar-refractivity contribution >= 4 is 5.82 Å². The van der Waals surface area contributed by atoms with Gasteiger partial charge in [0, 0.05) is 30.4 Å². The first kappa shape index (κ1) is 11.9. The smallest absolute Gasteiger partial charge is 0.135 e. The first-order valence-electron chi connectivity index (χ1n) is 7.09. The second-order valence-corrected chi connectivity index (χ2v) is 5.73. The van der Waals surface area contributed by atoms with Gasteiger partial charge >= 0.3 is 0 Å². The number of hydrogen-bond donors (Lipinski definition) is 1. The highest BCUT2D eigenvalue weighted by molar-refractivity contribution is 5.50. The molecule has 4 nitrogen and oxygen atoms in total. The zero-order valence-electron chi connectivity index (χ0n) is 11.1. The summed E-state index contributed by atoms with van der Waals surface area (Å²) in [6, 6.07) is 0.279. The number of aromatic nitrogens is 2. The zero-order valence-corrected chi connectivity index (χ0v) is 11.1. The molecule has 98 valence electrons. The Hall–Kier alpha value is -1.16. The van der Waals surface area contributed by atoms with Gasteiger partial charge in [-0.3, -0.25) is 0 Å². The van der Waals surface area contributed by atoms with E-state index in [4.69, 9.17) is 5.73 Å².